The standard InChI is InChI=1S/C16H18FN3O2/c17-12-4-3-7-14(10-12)22-11-16(21)19-15-8-9-18-20(15)13-5-1-2-6-13/h3-4,7-10,13H,1-2,5-6,11H2,(H,19,21). The van der Waals surface area contributed by atoms with Gasteiger partial charge in [0.2, 0.25) is 0 Å². The van der Waals surface area contributed by atoms with Gasteiger partial charge < -0.3 is 10.1 Å². The minimum Gasteiger partial charge on any atom is -0.484 e. The predicted octanol–water partition coefficient (Wildman–Crippen LogP) is 3.15. The molecule has 0 unspecified atom stereocenters. The van der Waals surface area contributed by atoms with Crippen molar-refractivity contribution in [1.82, 2.24) is 9.78 Å². The smallest absolute Gasteiger partial charge is 0.263 e. The number of ether oxygens (including phenoxy) is 1. The van der Waals surface area contributed by atoms with Crippen molar-refractivity contribution in [1.29, 1.82) is 0 Å². The van der Waals surface area contributed by atoms with Crippen molar-refractivity contribution >= 4 is 11.7 Å². The highest BCUT2D eigenvalue weighted by Crippen LogP contribution is 2.31. The normalized spacial score (nSPS) is 15.0. The zero-order valence-corrected chi connectivity index (χ0v) is 12.2. The van der Waals surface area contributed by atoms with E-state index >= 15 is 0 Å². The van der Waals surface area contributed by atoms with Gasteiger partial charge >= 0.3 is 0 Å². The zero-order chi connectivity index (χ0) is 15.4. The van der Waals surface area contributed by atoms with Crippen LogP contribution in [0.3, 0.4) is 0 Å². The number of hydrogen-bond acceptors (Lipinski definition) is 3. The molecule has 0 spiro atoms. The summed E-state index contributed by atoms with van der Waals surface area (Å²) in [4.78, 5) is 12.0. The number of nitrogens with one attached hydrogen (secondary N) is 1. The lowest BCUT2D eigenvalue weighted by Gasteiger charge is -2.14. The number of rotatable bonds is 5. The number of carbonyl (C=O) groups is 1. The molecule has 116 valence electrons. The van der Waals surface area contributed by atoms with E-state index in [1.807, 2.05) is 4.68 Å². The van der Waals surface area contributed by atoms with E-state index in [4.69, 9.17) is 4.74 Å². The Morgan fingerprint density at radius 3 is 2.95 bits per heavy atom. The number of benzene rings is 1. The number of hydrogen-bond donors (Lipinski definition) is 1. The molecule has 3 rings (SSSR count). The molecule has 5 nitrogen and oxygen atoms in total. The number of aromatic nitrogens is 2. The van der Waals surface area contributed by atoms with E-state index in [0.717, 1.165) is 12.8 Å². The lowest BCUT2D eigenvalue weighted by molar-refractivity contribution is -0.118. The van der Waals surface area contributed by atoms with Gasteiger partial charge in [0.25, 0.3) is 5.91 Å². The molecule has 1 amide bonds. The molecule has 6 heteroatoms. The van der Waals surface area contributed by atoms with Gasteiger partial charge in [0.1, 0.15) is 17.4 Å². The monoisotopic (exact) mass is 303 g/mol. The van der Waals surface area contributed by atoms with Gasteiger partial charge in [-0.1, -0.05) is 18.9 Å². The van der Waals surface area contributed by atoms with Crippen LogP contribution in [0.5, 0.6) is 5.75 Å². The average molecular weight is 303 g/mol. The molecular weight excluding hydrogens is 285 g/mol. The van der Waals surface area contributed by atoms with Gasteiger partial charge in [-0.2, -0.15) is 5.10 Å². The van der Waals surface area contributed by atoms with E-state index in [9.17, 15) is 9.18 Å². The van der Waals surface area contributed by atoms with Crippen molar-refractivity contribution in [2.24, 2.45) is 0 Å². The molecule has 0 atom stereocenters. The quantitative estimate of drug-likeness (QED) is 0.923. The van der Waals surface area contributed by atoms with Crippen LogP contribution in [0.25, 0.3) is 0 Å². The summed E-state index contributed by atoms with van der Waals surface area (Å²) in [5.74, 6) is 0.334. The molecule has 1 aliphatic carbocycles. The Labute approximate surface area is 128 Å². The van der Waals surface area contributed by atoms with E-state index in [1.54, 1.807) is 18.3 Å². The molecule has 0 radical (unpaired) electrons. The second-order valence-corrected chi connectivity index (χ2v) is 5.39. The second kappa shape index (κ2) is 6.60. The lowest BCUT2D eigenvalue weighted by Crippen LogP contribution is -2.23. The fraction of sp³-hybridized carbons (Fsp3) is 0.375. The molecule has 1 fully saturated rings. The fourth-order valence-electron chi connectivity index (χ4n) is 2.74. The number of nitrogens with zero attached hydrogens (tertiary/aromatic N) is 2. The van der Waals surface area contributed by atoms with Crippen molar-refractivity contribution in [3.63, 3.8) is 0 Å². The number of anilines is 1. The zero-order valence-electron chi connectivity index (χ0n) is 12.2. The summed E-state index contributed by atoms with van der Waals surface area (Å²) in [6.45, 7) is -0.167. The number of halogens is 1. The summed E-state index contributed by atoms with van der Waals surface area (Å²) in [6.07, 6.45) is 6.25. The topological polar surface area (TPSA) is 56.1 Å². The van der Waals surface area contributed by atoms with E-state index in [1.165, 1.54) is 31.0 Å². The molecule has 1 aromatic heterocycles. The maximum absolute atomic E-state index is 13.0. The largest absolute Gasteiger partial charge is 0.484 e. The Kier molecular flexibility index (Phi) is 4.37. The van der Waals surface area contributed by atoms with Crippen LogP contribution in [-0.2, 0) is 4.79 Å². The minimum absolute atomic E-state index is 0.167. The maximum Gasteiger partial charge on any atom is 0.263 e. The SMILES string of the molecule is O=C(COc1cccc(F)c1)Nc1ccnn1C1CCCC1. The summed E-state index contributed by atoms with van der Waals surface area (Å²) in [5.41, 5.74) is 0. The van der Waals surface area contributed by atoms with E-state index < -0.39 is 5.82 Å². The average Bonchev–Trinajstić information content (AvgIpc) is 3.16. The Balaban J connectivity index is 1.57. The van der Waals surface area contributed by atoms with E-state index in [2.05, 4.69) is 10.4 Å². The van der Waals surface area contributed by atoms with Crippen LogP contribution >= 0.6 is 0 Å². The van der Waals surface area contributed by atoms with E-state index in [-0.39, 0.29) is 12.5 Å². The maximum atomic E-state index is 13.0. The first kappa shape index (κ1) is 14.6. The molecular formula is C16H18FN3O2. The first-order valence-corrected chi connectivity index (χ1v) is 7.44. The minimum atomic E-state index is -0.391. The summed E-state index contributed by atoms with van der Waals surface area (Å²) < 4.78 is 20.2. The van der Waals surface area contributed by atoms with Crippen LogP contribution < -0.4 is 10.1 Å². The molecule has 1 saturated carbocycles. The Morgan fingerprint density at radius 2 is 2.18 bits per heavy atom. The summed E-state index contributed by atoms with van der Waals surface area (Å²) in [7, 11) is 0. The molecule has 1 heterocycles. The third kappa shape index (κ3) is 3.44. The third-order valence-electron chi connectivity index (χ3n) is 3.77. The van der Waals surface area contributed by atoms with Gasteiger partial charge in [0, 0.05) is 12.1 Å². The van der Waals surface area contributed by atoms with Crippen LogP contribution in [0.2, 0.25) is 0 Å². The lowest BCUT2D eigenvalue weighted by atomic mass is 10.2. The molecule has 1 aliphatic rings. The van der Waals surface area contributed by atoms with Crippen molar-refractivity contribution in [2.75, 3.05) is 11.9 Å². The summed E-state index contributed by atoms with van der Waals surface area (Å²) in [6, 6.07) is 7.85. The third-order valence-corrected chi connectivity index (χ3v) is 3.77. The first-order valence-electron chi connectivity index (χ1n) is 7.44. The number of amides is 1. The van der Waals surface area contributed by atoms with Gasteiger partial charge in [0.15, 0.2) is 6.61 Å². The van der Waals surface area contributed by atoms with Crippen molar-refractivity contribution in [3.8, 4) is 5.75 Å². The number of carbonyl (C=O) groups excluding carboxylic acids is 1. The Bertz CT molecular complexity index is 650. The van der Waals surface area contributed by atoms with Gasteiger partial charge in [-0.05, 0) is 25.0 Å². The van der Waals surface area contributed by atoms with Crippen LogP contribution in [0.15, 0.2) is 36.5 Å². The van der Waals surface area contributed by atoms with Crippen molar-refractivity contribution in [3.05, 3.63) is 42.3 Å². The van der Waals surface area contributed by atoms with Gasteiger partial charge in [-0.15, -0.1) is 0 Å². The predicted molar refractivity (Wildman–Crippen MR) is 80.3 cm³/mol. The molecule has 0 bridgehead atoms. The van der Waals surface area contributed by atoms with Gasteiger partial charge in [-0.3, -0.25) is 4.79 Å². The highest BCUT2D eigenvalue weighted by atomic mass is 19.1. The summed E-state index contributed by atoms with van der Waals surface area (Å²) >= 11 is 0. The van der Waals surface area contributed by atoms with Gasteiger partial charge in [-0.25, -0.2) is 9.07 Å². The molecule has 1 N–H and O–H groups in total. The van der Waals surface area contributed by atoms with Crippen LogP contribution in [-0.4, -0.2) is 22.3 Å². The molecule has 0 saturated heterocycles. The molecule has 0 aliphatic heterocycles. The second-order valence-electron chi connectivity index (χ2n) is 5.39. The molecule has 2 aromatic rings. The van der Waals surface area contributed by atoms with Gasteiger partial charge in [0.05, 0.1) is 12.2 Å². The van der Waals surface area contributed by atoms with Crippen molar-refractivity contribution < 1.29 is 13.9 Å². The fourth-order valence-corrected chi connectivity index (χ4v) is 2.74. The molecule has 1 aromatic carbocycles. The Morgan fingerprint density at radius 1 is 1.36 bits per heavy atom. The van der Waals surface area contributed by atoms with E-state index in [0.29, 0.717) is 17.6 Å². The van der Waals surface area contributed by atoms with Crippen LogP contribution in [0.4, 0.5) is 10.2 Å². The van der Waals surface area contributed by atoms with Crippen molar-refractivity contribution in [2.45, 2.75) is 31.7 Å². The van der Waals surface area contributed by atoms with Crippen LogP contribution in [0.1, 0.15) is 31.7 Å². The van der Waals surface area contributed by atoms with Crippen LogP contribution in [0, 0.1) is 5.82 Å². The summed E-state index contributed by atoms with van der Waals surface area (Å²) in [5, 5.41) is 7.09. The highest BCUT2D eigenvalue weighted by Gasteiger charge is 2.20. The highest BCUT2D eigenvalue weighted by molar-refractivity contribution is 5.91. The Hall–Kier alpha value is -2.37. The first-order chi connectivity index (χ1) is 10.7. The molecule has 22 heavy (non-hydrogen) atoms.